The molecule has 1 heterocycles. The molecule has 0 aliphatic carbocycles. The number of nitrogens with zero attached hydrogens (tertiary/aromatic N) is 1. The van der Waals surface area contributed by atoms with Crippen LogP contribution in [0.1, 0.15) is 46.7 Å². The number of hydrogen-bond donors (Lipinski definition) is 1. The summed E-state index contributed by atoms with van der Waals surface area (Å²) in [5.41, 5.74) is 7.30. The predicted molar refractivity (Wildman–Crippen MR) is 119 cm³/mol. The first-order valence-electron chi connectivity index (χ1n) is 9.85. The van der Waals surface area contributed by atoms with Crippen molar-refractivity contribution in [2.75, 3.05) is 13.5 Å². The van der Waals surface area contributed by atoms with Crippen LogP contribution < -0.4 is 10.5 Å². The van der Waals surface area contributed by atoms with Gasteiger partial charge in [-0.15, -0.1) is 0 Å². The minimum absolute atomic E-state index is 0. The topological polar surface area (TPSA) is 64.7 Å². The van der Waals surface area contributed by atoms with Crippen LogP contribution in [-0.2, 0) is 17.9 Å². The Morgan fingerprint density at radius 2 is 2.00 bits per heavy atom. The van der Waals surface area contributed by atoms with Crippen molar-refractivity contribution in [1.82, 2.24) is 0 Å². The van der Waals surface area contributed by atoms with E-state index in [-0.39, 0.29) is 12.9 Å². The molecule has 0 bridgehead atoms. The standard InChI is InChI=1S/C20H27FN2O.C2H4O.CH2F2.H2/c1-4-5-16-6-7-18(17(12-16)13-21)24-19-9-11-20(3,14-23-19)10-8-15(2)22;1-2-3;2-1-3;/h6-12,15H,4-5,13-14,22H2,1-3H3;2H,1H3;1H2;1H/b10-8+;;;/t15-,20?;;;/m0.../s1. The van der Waals surface area contributed by atoms with Gasteiger partial charge < -0.3 is 15.3 Å². The van der Waals surface area contributed by atoms with Crippen molar-refractivity contribution < 1.29 is 24.1 Å². The Bertz CT molecular complexity index is 725. The summed E-state index contributed by atoms with van der Waals surface area (Å²) in [4.78, 5) is 13.3. The van der Waals surface area contributed by atoms with E-state index in [9.17, 15) is 13.2 Å². The zero-order valence-corrected chi connectivity index (χ0v) is 18.2. The second kappa shape index (κ2) is 15.4. The predicted octanol–water partition coefficient (Wildman–Crippen LogP) is 5.70. The SMILES string of the molecule is CC=O.CCCc1ccc(OC2=NCC(C)(/C=C/[C@H](C)N)C=C2)c(CF)c1.FCF.[HH]. The summed E-state index contributed by atoms with van der Waals surface area (Å²) in [6.45, 7) is 5.87. The lowest BCUT2D eigenvalue weighted by Gasteiger charge is -2.24. The summed E-state index contributed by atoms with van der Waals surface area (Å²) in [6.07, 6.45) is 10.7. The number of carbonyl (C=O) groups excluding carboxylic acids is 1. The van der Waals surface area contributed by atoms with E-state index in [4.69, 9.17) is 15.3 Å². The Balaban J connectivity index is 0. The molecule has 2 atom stereocenters. The van der Waals surface area contributed by atoms with Gasteiger partial charge in [0, 0.05) is 18.4 Å². The van der Waals surface area contributed by atoms with Crippen molar-refractivity contribution in [2.45, 2.75) is 53.3 Å². The van der Waals surface area contributed by atoms with Gasteiger partial charge in [-0.05, 0) is 44.0 Å². The summed E-state index contributed by atoms with van der Waals surface area (Å²) < 4.78 is 38.4. The molecular formula is C23H35F3N2O2. The number of hydrogen-bond acceptors (Lipinski definition) is 4. The molecule has 30 heavy (non-hydrogen) atoms. The Hall–Kier alpha value is -2.41. The van der Waals surface area contributed by atoms with Crippen LogP contribution in [0.5, 0.6) is 5.75 Å². The third-order valence-corrected chi connectivity index (χ3v) is 3.98. The first-order valence-corrected chi connectivity index (χ1v) is 9.85. The van der Waals surface area contributed by atoms with Gasteiger partial charge in [-0.25, -0.2) is 13.2 Å². The van der Waals surface area contributed by atoms with Gasteiger partial charge in [0.05, 0.1) is 6.54 Å². The number of ether oxygens (including phenoxy) is 1. The number of carbonyl (C=O) groups is 1. The van der Waals surface area contributed by atoms with E-state index in [0.29, 0.717) is 23.8 Å². The van der Waals surface area contributed by atoms with E-state index in [1.165, 1.54) is 6.92 Å². The van der Waals surface area contributed by atoms with Gasteiger partial charge in [-0.3, -0.25) is 4.99 Å². The van der Waals surface area contributed by atoms with Crippen LogP contribution in [0.15, 0.2) is 47.5 Å². The number of nitrogens with two attached hydrogens (primary N) is 1. The monoisotopic (exact) mass is 428 g/mol. The average molecular weight is 429 g/mol. The van der Waals surface area contributed by atoms with Crippen molar-refractivity contribution in [3.8, 4) is 5.75 Å². The van der Waals surface area contributed by atoms with Gasteiger partial charge in [0.1, 0.15) is 18.7 Å². The molecule has 1 aliphatic rings. The van der Waals surface area contributed by atoms with E-state index in [0.717, 1.165) is 24.7 Å². The molecule has 7 heteroatoms. The largest absolute Gasteiger partial charge is 0.439 e. The molecule has 1 unspecified atom stereocenters. The highest BCUT2D eigenvalue weighted by molar-refractivity contribution is 5.90. The molecular weight excluding hydrogens is 393 g/mol. The Labute approximate surface area is 179 Å². The van der Waals surface area contributed by atoms with E-state index in [1.54, 1.807) is 0 Å². The summed E-state index contributed by atoms with van der Waals surface area (Å²) in [7, 11) is 0. The molecule has 4 nitrogen and oxygen atoms in total. The van der Waals surface area contributed by atoms with Gasteiger partial charge in [0.2, 0.25) is 12.8 Å². The van der Waals surface area contributed by atoms with Crippen LogP contribution in [0, 0.1) is 5.41 Å². The van der Waals surface area contributed by atoms with E-state index >= 15 is 0 Å². The molecule has 2 N–H and O–H groups in total. The van der Waals surface area contributed by atoms with E-state index < -0.39 is 13.6 Å². The number of aryl methyl sites for hydroxylation is 1. The molecule has 170 valence electrons. The van der Waals surface area contributed by atoms with Crippen LogP contribution in [0.2, 0.25) is 0 Å². The lowest BCUT2D eigenvalue weighted by Crippen LogP contribution is -2.23. The fourth-order valence-corrected chi connectivity index (χ4v) is 2.56. The maximum Gasteiger partial charge on any atom is 0.229 e. The van der Waals surface area contributed by atoms with Crippen LogP contribution in [0.3, 0.4) is 0 Å². The van der Waals surface area contributed by atoms with Crippen molar-refractivity contribution >= 4 is 12.2 Å². The normalized spacial score (nSPS) is 18.5. The molecule has 0 saturated heterocycles. The number of dihydropyridines is 1. The number of aliphatic imine (C=N–C) groups is 1. The Morgan fingerprint density at radius 1 is 1.37 bits per heavy atom. The summed E-state index contributed by atoms with van der Waals surface area (Å²) in [5, 5.41) is 0. The lowest BCUT2D eigenvalue weighted by atomic mass is 9.88. The number of aldehydes is 1. The number of halogens is 3. The molecule has 1 aromatic rings. The Kier molecular flexibility index (Phi) is 14.2. The molecule has 0 aromatic heterocycles. The summed E-state index contributed by atoms with van der Waals surface area (Å²) in [5.74, 6) is 1.05. The minimum atomic E-state index is -1.75. The molecule has 0 spiro atoms. The first kappa shape index (κ1) is 27.6. The van der Waals surface area contributed by atoms with Gasteiger partial charge in [0.15, 0.2) is 0 Å². The van der Waals surface area contributed by atoms with E-state index in [1.807, 2.05) is 37.3 Å². The lowest BCUT2D eigenvalue weighted by molar-refractivity contribution is -0.106. The molecule has 1 aliphatic heterocycles. The highest BCUT2D eigenvalue weighted by atomic mass is 19.3. The molecule has 2 rings (SSSR count). The molecule has 0 amide bonds. The van der Waals surface area contributed by atoms with Crippen LogP contribution in [0.25, 0.3) is 0 Å². The molecule has 0 fully saturated rings. The van der Waals surface area contributed by atoms with Crippen LogP contribution in [0.4, 0.5) is 13.2 Å². The number of benzene rings is 1. The van der Waals surface area contributed by atoms with Gasteiger partial charge >= 0.3 is 0 Å². The van der Waals surface area contributed by atoms with E-state index in [2.05, 4.69) is 31.0 Å². The second-order valence-corrected chi connectivity index (χ2v) is 6.98. The second-order valence-electron chi connectivity index (χ2n) is 6.98. The smallest absolute Gasteiger partial charge is 0.229 e. The average Bonchev–Trinajstić information content (AvgIpc) is 2.71. The third kappa shape index (κ3) is 11.0. The molecule has 0 saturated carbocycles. The third-order valence-electron chi connectivity index (χ3n) is 3.98. The van der Waals surface area contributed by atoms with Crippen LogP contribution in [-0.4, -0.2) is 31.7 Å². The zero-order chi connectivity index (χ0) is 23.0. The fraction of sp³-hybridized carbons (Fsp3) is 0.478. The van der Waals surface area contributed by atoms with Crippen LogP contribution >= 0.6 is 0 Å². The number of alkyl halides is 3. The molecule has 0 radical (unpaired) electrons. The zero-order valence-electron chi connectivity index (χ0n) is 18.2. The Morgan fingerprint density at radius 3 is 2.47 bits per heavy atom. The highest BCUT2D eigenvalue weighted by Gasteiger charge is 2.21. The van der Waals surface area contributed by atoms with Gasteiger partial charge in [-0.2, -0.15) is 0 Å². The summed E-state index contributed by atoms with van der Waals surface area (Å²) >= 11 is 0. The maximum atomic E-state index is 13.3. The first-order chi connectivity index (χ1) is 14.3. The van der Waals surface area contributed by atoms with Gasteiger partial charge in [-0.1, -0.05) is 44.6 Å². The maximum absolute atomic E-state index is 13.3. The number of rotatable bonds is 6. The van der Waals surface area contributed by atoms with Crippen molar-refractivity contribution in [3.05, 3.63) is 53.6 Å². The van der Waals surface area contributed by atoms with Crippen molar-refractivity contribution in [3.63, 3.8) is 0 Å². The van der Waals surface area contributed by atoms with Crippen molar-refractivity contribution in [2.24, 2.45) is 16.1 Å². The fourth-order valence-electron chi connectivity index (χ4n) is 2.56. The highest BCUT2D eigenvalue weighted by Crippen LogP contribution is 2.27. The quantitative estimate of drug-likeness (QED) is 0.467. The minimum Gasteiger partial charge on any atom is -0.439 e. The summed E-state index contributed by atoms with van der Waals surface area (Å²) in [6, 6.07) is 5.72. The van der Waals surface area contributed by atoms with Crippen molar-refractivity contribution in [1.29, 1.82) is 0 Å². The van der Waals surface area contributed by atoms with Gasteiger partial charge in [0.25, 0.3) is 0 Å². The molecule has 1 aromatic carbocycles.